The lowest BCUT2D eigenvalue weighted by molar-refractivity contribution is -0.158. The number of carbonyl (C=O) groups excluding carboxylic acids is 1. The van der Waals surface area contributed by atoms with Crippen molar-refractivity contribution in [1.82, 2.24) is 10.2 Å². The summed E-state index contributed by atoms with van der Waals surface area (Å²) in [6, 6.07) is 1.75. The van der Waals surface area contributed by atoms with Gasteiger partial charge in [0.25, 0.3) is 5.91 Å². The summed E-state index contributed by atoms with van der Waals surface area (Å²) in [5.74, 6) is 0.695. The third-order valence-corrected chi connectivity index (χ3v) is 6.20. The molecule has 0 radical (unpaired) electrons. The van der Waals surface area contributed by atoms with Gasteiger partial charge in [-0.2, -0.15) is 0 Å². The maximum absolute atomic E-state index is 13.3. The van der Waals surface area contributed by atoms with Gasteiger partial charge in [0.1, 0.15) is 5.75 Å². The average molecular weight is 356 g/mol. The number of aryl methyl sites for hydroxylation is 1. The lowest BCUT2D eigenvalue weighted by Gasteiger charge is -2.43. The molecule has 4 heterocycles. The van der Waals surface area contributed by atoms with Gasteiger partial charge in [-0.3, -0.25) is 9.69 Å². The number of aromatic hydroxyl groups is 1. The zero-order chi connectivity index (χ0) is 17.9. The molecule has 0 unspecified atom stereocenters. The summed E-state index contributed by atoms with van der Waals surface area (Å²) in [5.41, 5.74) is 1.27. The Labute approximate surface area is 152 Å². The highest BCUT2D eigenvalue weighted by atomic mass is 16.5. The summed E-state index contributed by atoms with van der Waals surface area (Å²) in [4.78, 5) is 15.5. The number of hydrogen-bond acceptors (Lipinski definition) is 5. The smallest absolute Gasteiger partial charge is 0.280 e. The average Bonchev–Trinajstić information content (AvgIpc) is 3.14. The first-order valence-electron chi connectivity index (χ1n) is 9.59. The number of carbonyl (C=O) groups is 1. The van der Waals surface area contributed by atoms with Gasteiger partial charge in [0.2, 0.25) is 5.72 Å². The zero-order valence-corrected chi connectivity index (χ0v) is 15.0. The molecule has 0 aliphatic carbocycles. The maximum Gasteiger partial charge on any atom is 0.280 e. The van der Waals surface area contributed by atoms with Crippen molar-refractivity contribution in [2.24, 2.45) is 0 Å². The van der Waals surface area contributed by atoms with Crippen LogP contribution in [0.1, 0.15) is 49.1 Å². The molecule has 1 aromatic carbocycles. The van der Waals surface area contributed by atoms with Gasteiger partial charge in [-0.1, -0.05) is 6.42 Å². The molecule has 2 N–H and O–H groups in total. The molecular weight excluding hydrogens is 332 g/mol. The van der Waals surface area contributed by atoms with Gasteiger partial charge in [-0.05, 0) is 44.2 Å². The van der Waals surface area contributed by atoms with Crippen LogP contribution >= 0.6 is 0 Å². The van der Waals surface area contributed by atoms with E-state index in [0.29, 0.717) is 17.9 Å². The summed E-state index contributed by atoms with van der Waals surface area (Å²) in [5, 5.41) is 14.4. The van der Waals surface area contributed by atoms with Crippen LogP contribution < -0.4 is 10.1 Å². The summed E-state index contributed by atoms with van der Waals surface area (Å²) in [6.07, 6.45) is 6.73. The Balaban J connectivity index is 1.74. The first-order valence-corrected chi connectivity index (χ1v) is 9.59. The minimum absolute atomic E-state index is 0.0492. The Bertz CT molecular complexity index is 884. The minimum Gasteiger partial charge on any atom is -0.504 e. The van der Waals surface area contributed by atoms with Crippen LogP contribution in [-0.2, 0) is 4.79 Å². The lowest BCUT2D eigenvalue weighted by Crippen LogP contribution is -2.64. The highest BCUT2D eigenvalue weighted by Crippen LogP contribution is 2.55. The molecule has 6 nitrogen and oxygen atoms in total. The first kappa shape index (κ1) is 16.0. The van der Waals surface area contributed by atoms with Crippen molar-refractivity contribution in [3.63, 3.8) is 0 Å². The number of piperidine rings is 1. The van der Waals surface area contributed by atoms with Gasteiger partial charge in [0.15, 0.2) is 11.3 Å². The number of rotatable bonds is 1. The molecular formula is C20H24N2O4. The van der Waals surface area contributed by atoms with Crippen LogP contribution in [0.5, 0.6) is 11.5 Å². The van der Waals surface area contributed by atoms with Crippen LogP contribution in [0, 0.1) is 6.92 Å². The topological polar surface area (TPSA) is 74.9 Å². The number of nitrogens with zero attached hydrogens (tertiary/aromatic N) is 1. The molecule has 26 heavy (non-hydrogen) atoms. The number of phenols is 1. The lowest BCUT2D eigenvalue weighted by atomic mass is 9.84. The Kier molecular flexibility index (Phi) is 3.47. The van der Waals surface area contributed by atoms with Crippen molar-refractivity contribution in [2.45, 2.75) is 50.7 Å². The molecule has 5 rings (SSSR count). The van der Waals surface area contributed by atoms with E-state index in [1.165, 1.54) is 6.42 Å². The normalized spacial score (nSPS) is 29.0. The van der Waals surface area contributed by atoms with Gasteiger partial charge in [0.05, 0.1) is 17.6 Å². The van der Waals surface area contributed by atoms with E-state index in [2.05, 4.69) is 10.2 Å². The number of hydrogen-bond donors (Lipinski definition) is 2. The first-order chi connectivity index (χ1) is 12.6. The van der Waals surface area contributed by atoms with E-state index in [4.69, 9.17) is 9.15 Å². The fourth-order valence-corrected chi connectivity index (χ4v) is 4.99. The van der Waals surface area contributed by atoms with Crippen LogP contribution in [0.3, 0.4) is 0 Å². The molecule has 1 aromatic heterocycles. The van der Waals surface area contributed by atoms with Gasteiger partial charge in [0, 0.05) is 25.2 Å². The van der Waals surface area contributed by atoms with E-state index < -0.39 is 5.72 Å². The highest BCUT2D eigenvalue weighted by Gasteiger charge is 2.59. The summed E-state index contributed by atoms with van der Waals surface area (Å²) < 4.78 is 12.1. The van der Waals surface area contributed by atoms with Crippen molar-refractivity contribution >= 4 is 16.9 Å². The van der Waals surface area contributed by atoms with Crippen LogP contribution in [0.2, 0.25) is 0 Å². The maximum atomic E-state index is 13.3. The summed E-state index contributed by atoms with van der Waals surface area (Å²) in [6.45, 7) is 4.33. The van der Waals surface area contributed by atoms with Crippen molar-refractivity contribution in [1.29, 1.82) is 0 Å². The summed E-state index contributed by atoms with van der Waals surface area (Å²) >= 11 is 0. The van der Waals surface area contributed by atoms with E-state index in [1.807, 2.05) is 6.92 Å². The molecule has 2 fully saturated rings. The van der Waals surface area contributed by atoms with Crippen molar-refractivity contribution in [3.8, 4) is 11.5 Å². The fourth-order valence-electron chi connectivity index (χ4n) is 4.99. The molecule has 2 saturated heterocycles. The SMILES string of the molecule is Cc1coc2c(O)cc3c(c12)O[C@@]1(N2CCCCC2)C(=O)NCCC[C@H]31. The number of phenolic OH excluding ortho intramolecular Hbond substituents is 1. The molecule has 2 atom stereocenters. The van der Waals surface area contributed by atoms with Crippen LogP contribution in [0.4, 0.5) is 0 Å². The van der Waals surface area contributed by atoms with Gasteiger partial charge in [-0.15, -0.1) is 0 Å². The number of ether oxygens (including phenoxy) is 1. The van der Waals surface area contributed by atoms with E-state index in [9.17, 15) is 9.90 Å². The quantitative estimate of drug-likeness (QED) is 0.822. The predicted molar refractivity (Wildman–Crippen MR) is 96.4 cm³/mol. The van der Waals surface area contributed by atoms with Gasteiger partial charge in [-0.25, -0.2) is 0 Å². The monoisotopic (exact) mass is 356 g/mol. The zero-order valence-electron chi connectivity index (χ0n) is 15.0. The van der Waals surface area contributed by atoms with E-state index in [1.54, 1.807) is 12.3 Å². The molecule has 2 aromatic rings. The highest BCUT2D eigenvalue weighted by molar-refractivity contribution is 5.96. The van der Waals surface area contributed by atoms with Crippen molar-refractivity contribution < 1.29 is 19.1 Å². The standard InChI is InChI=1S/C20H24N2O4/c1-12-11-25-18-15(23)10-13-14-6-5-7-21-19(24)20(14,26-17(13)16(12)18)22-8-3-2-4-9-22/h10-11,14,23H,2-9H2,1H3,(H,21,24)/t14-,20-/m1/s1. The number of benzene rings is 1. The van der Waals surface area contributed by atoms with Gasteiger partial charge >= 0.3 is 0 Å². The predicted octanol–water partition coefficient (Wildman–Crippen LogP) is 3.02. The second kappa shape index (κ2) is 5.64. The Hall–Kier alpha value is -2.21. The van der Waals surface area contributed by atoms with Crippen molar-refractivity contribution in [3.05, 3.63) is 23.5 Å². The van der Waals surface area contributed by atoms with E-state index >= 15 is 0 Å². The third kappa shape index (κ3) is 1.99. The van der Waals surface area contributed by atoms with Crippen LogP contribution in [0.15, 0.2) is 16.7 Å². The second-order valence-corrected chi connectivity index (χ2v) is 7.73. The molecule has 6 heteroatoms. The molecule has 0 spiro atoms. The molecule has 3 aliphatic rings. The number of fused-ring (bicyclic) bond motifs is 5. The number of amides is 1. The molecule has 0 saturated carbocycles. The Morgan fingerprint density at radius 2 is 2.08 bits per heavy atom. The Morgan fingerprint density at radius 3 is 2.88 bits per heavy atom. The van der Waals surface area contributed by atoms with Crippen LogP contribution in [-0.4, -0.2) is 41.3 Å². The fraction of sp³-hybridized carbons (Fsp3) is 0.550. The molecule has 0 bridgehead atoms. The summed E-state index contributed by atoms with van der Waals surface area (Å²) in [7, 11) is 0. The number of furan rings is 1. The van der Waals surface area contributed by atoms with Gasteiger partial charge < -0.3 is 19.6 Å². The minimum atomic E-state index is -1.01. The largest absolute Gasteiger partial charge is 0.504 e. The van der Waals surface area contributed by atoms with E-state index in [-0.39, 0.29) is 17.6 Å². The molecule has 1 amide bonds. The Morgan fingerprint density at radius 1 is 1.27 bits per heavy atom. The third-order valence-electron chi connectivity index (χ3n) is 6.20. The van der Waals surface area contributed by atoms with E-state index in [0.717, 1.165) is 55.3 Å². The number of likely N-dealkylation sites (tertiary alicyclic amines) is 1. The molecule has 138 valence electrons. The van der Waals surface area contributed by atoms with Crippen LogP contribution in [0.25, 0.3) is 11.0 Å². The van der Waals surface area contributed by atoms with Crippen molar-refractivity contribution in [2.75, 3.05) is 19.6 Å². The number of nitrogens with one attached hydrogen (secondary N) is 1. The molecule has 3 aliphatic heterocycles. The second-order valence-electron chi connectivity index (χ2n) is 7.73.